The fourth-order valence-corrected chi connectivity index (χ4v) is 4.21. The molecule has 5 heteroatoms. The summed E-state index contributed by atoms with van der Waals surface area (Å²) in [6.45, 7) is 2.63. The minimum atomic E-state index is 0.657. The van der Waals surface area contributed by atoms with Gasteiger partial charge in [-0.25, -0.2) is 4.98 Å². The largest absolute Gasteiger partial charge is 0.493 e. The zero-order valence-electron chi connectivity index (χ0n) is 18.3. The van der Waals surface area contributed by atoms with Gasteiger partial charge in [-0.15, -0.1) is 0 Å². The molecular weight excluding hydrogens is 402 g/mol. The van der Waals surface area contributed by atoms with Crippen molar-refractivity contribution in [1.82, 2.24) is 4.98 Å². The third-order valence-corrected chi connectivity index (χ3v) is 5.84. The molecule has 2 aliphatic rings. The smallest absolute Gasteiger partial charge is 0.132 e. The van der Waals surface area contributed by atoms with Gasteiger partial charge in [0, 0.05) is 0 Å². The van der Waals surface area contributed by atoms with Gasteiger partial charge >= 0.3 is 0 Å². The summed E-state index contributed by atoms with van der Waals surface area (Å²) < 4.78 is 24.9. The highest BCUT2D eigenvalue weighted by Crippen LogP contribution is 2.42. The summed E-state index contributed by atoms with van der Waals surface area (Å²) in [5.41, 5.74) is 3.46. The zero-order chi connectivity index (χ0) is 21.6. The maximum Gasteiger partial charge on any atom is 0.132 e. The number of nitrogens with zero attached hydrogens (tertiary/aromatic N) is 1. The molecule has 0 unspecified atom stereocenters. The third-order valence-electron chi connectivity index (χ3n) is 5.84. The van der Waals surface area contributed by atoms with Gasteiger partial charge in [-0.05, 0) is 74.9 Å². The molecule has 0 amide bonds. The summed E-state index contributed by atoms with van der Waals surface area (Å²) in [5.74, 6) is 3.27. The van der Waals surface area contributed by atoms with Crippen molar-refractivity contribution in [2.45, 2.75) is 38.5 Å². The average Bonchev–Trinajstić information content (AvgIpc) is 2.82. The second-order valence-electron chi connectivity index (χ2n) is 8.18. The van der Waals surface area contributed by atoms with Crippen LogP contribution < -0.4 is 18.9 Å². The van der Waals surface area contributed by atoms with Crippen LogP contribution in [0.4, 0.5) is 0 Å². The van der Waals surface area contributed by atoms with Crippen LogP contribution in [0.2, 0.25) is 0 Å². The molecule has 0 saturated heterocycles. The third kappa shape index (κ3) is 4.52. The van der Waals surface area contributed by atoms with Gasteiger partial charge < -0.3 is 18.9 Å². The van der Waals surface area contributed by atoms with Gasteiger partial charge in [-0.2, -0.15) is 0 Å². The lowest BCUT2D eigenvalue weighted by Gasteiger charge is -2.20. The van der Waals surface area contributed by atoms with Crippen LogP contribution in [0.1, 0.15) is 38.5 Å². The topological polar surface area (TPSA) is 49.8 Å². The molecule has 3 heterocycles. The molecule has 4 bridgehead atoms. The first-order valence-electron chi connectivity index (χ1n) is 11.7. The van der Waals surface area contributed by atoms with Gasteiger partial charge in [0.05, 0.1) is 48.9 Å². The van der Waals surface area contributed by atoms with Gasteiger partial charge in [0.2, 0.25) is 0 Å². The normalized spacial score (nSPS) is 16.5. The van der Waals surface area contributed by atoms with Gasteiger partial charge in [0.1, 0.15) is 23.0 Å². The first-order valence-corrected chi connectivity index (χ1v) is 11.7. The van der Waals surface area contributed by atoms with Crippen molar-refractivity contribution in [3.63, 3.8) is 0 Å². The minimum absolute atomic E-state index is 0.657. The first kappa shape index (κ1) is 20.7. The van der Waals surface area contributed by atoms with Crippen LogP contribution in [-0.2, 0) is 0 Å². The van der Waals surface area contributed by atoms with Gasteiger partial charge in [-0.3, -0.25) is 0 Å². The van der Waals surface area contributed by atoms with Crippen molar-refractivity contribution >= 4 is 0 Å². The van der Waals surface area contributed by atoms with Crippen molar-refractivity contribution < 1.29 is 18.9 Å². The van der Waals surface area contributed by atoms with Gasteiger partial charge in [-0.1, -0.05) is 18.2 Å². The summed E-state index contributed by atoms with van der Waals surface area (Å²) in [6, 6.07) is 18.1. The average molecular weight is 432 g/mol. The molecule has 0 fully saturated rings. The molecule has 5 rings (SSSR count). The fourth-order valence-electron chi connectivity index (χ4n) is 4.21. The van der Waals surface area contributed by atoms with E-state index in [0.29, 0.717) is 26.4 Å². The lowest BCUT2D eigenvalue weighted by molar-refractivity contribution is 0.267. The summed E-state index contributed by atoms with van der Waals surface area (Å²) in [4.78, 5) is 5.05. The van der Waals surface area contributed by atoms with E-state index in [1.807, 2.05) is 54.6 Å². The molecule has 32 heavy (non-hydrogen) atoms. The monoisotopic (exact) mass is 431 g/mol. The van der Waals surface area contributed by atoms with Gasteiger partial charge in [0.25, 0.3) is 0 Å². The Morgan fingerprint density at radius 3 is 1.16 bits per heavy atom. The zero-order valence-corrected chi connectivity index (χ0v) is 18.3. The van der Waals surface area contributed by atoms with Crippen LogP contribution in [0.5, 0.6) is 23.0 Å². The molecule has 0 aliphatic carbocycles. The lowest BCUT2D eigenvalue weighted by Crippen LogP contribution is -2.07. The second kappa shape index (κ2) is 9.94. The highest BCUT2D eigenvalue weighted by Gasteiger charge is 2.20. The Morgan fingerprint density at radius 1 is 0.438 bits per heavy atom. The molecule has 2 aliphatic heterocycles. The Labute approximate surface area is 189 Å². The van der Waals surface area contributed by atoms with E-state index in [1.54, 1.807) is 0 Å². The van der Waals surface area contributed by atoms with Crippen molar-refractivity contribution in [1.29, 1.82) is 0 Å². The van der Waals surface area contributed by atoms with E-state index >= 15 is 0 Å². The van der Waals surface area contributed by atoms with E-state index in [-0.39, 0.29) is 0 Å². The molecular formula is C27H29NO4. The van der Waals surface area contributed by atoms with E-state index < -0.39 is 0 Å². The summed E-state index contributed by atoms with van der Waals surface area (Å²) in [5, 5.41) is 0. The Hall–Kier alpha value is -3.21. The van der Waals surface area contributed by atoms with Crippen LogP contribution in [0.15, 0.2) is 54.6 Å². The van der Waals surface area contributed by atoms with E-state index in [4.69, 9.17) is 23.9 Å². The van der Waals surface area contributed by atoms with E-state index in [0.717, 1.165) is 84.0 Å². The van der Waals surface area contributed by atoms with Crippen LogP contribution in [0.3, 0.4) is 0 Å². The Balaban J connectivity index is 1.72. The molecule has 1 aromatic heterocycles. The first-order chi connectivity index (χ1) is 15.9. The highest BCUT2D eigenvalue weighted by molar-refractivity contribution is 5.79. The minimum Gasteiger partial charge on any atom is -0.493 e. The van der Waals surface area contributed by atoms with Gasteiger partial charge in [0.15, 0.2) is 0 Å². The Bertz CT molecular complexity index is 932. The fraction of sp³-hybridized carbons (Fsp3) is 0.370. The molecule has 0 N–H and O–H groups in total. The van der Waals surface area contributed by atoms with Crippen LogP contribution >= 0.6 is 0 Å². The second-order valence-corrected chi connectivity index (χ2v) is 8.18. The molecule has 2 aromatic carbocycles. The SMILES string of the molecule is c1cc2nc(c1)-c1c3cccc1OCCCCCOc1cccc(c1-2)OCCCCCO3. The van der Waals surface area contributed by atoms with Crippen molar-refractivity contribution in [2.75, 3.05) is 26.4 Å². The quantitative estimate of drug-likeness (QED) is 0.418. The predicted molar refractivity (Wildman–Crippen MR) is 125 cm³/mol. The van der Waals surface area contributed by atoms with E-state index in [9.17, 15) is 0 Å². The maximum atomic E-state index is 6.22. The van der Waals surface area contributed by atoms with Crippen LogP contribution in [0, 0.1) is 0 Å². The molecule has 3 aromatic rings. The molecule has 0 radical (unpaired) electrons. The lowest BCUT2D eigenvalue weighted by atomic mass is 10.0. The van der Waals surface area contributed by atoms with Crippen LogP contribution in [0.25, 0.3) is 22.5 Å². The van der Waals surface area contributed by atoms with E-state index in [1.165, 1.54) is 0 Å². The Kier molecular flexibility index (Phi) is 6.42. The van der Waals surface area contributed by atoms with Crippen molar-refractivity contribution in [3.8, 4) is 45.5 Å². The summed E-state index contributed by atoms with van der Waals surface area (Å²) in [6.07, 6.45) is 5.96. The summed E-state index contributed by atoms with van der Waals surface area (Å²) in [7, 11) is 0. The number of benzene rings is 2. The standard InChI is InChI=1S/C27H29NO4/c1-3-16-29-22-12-8-14-24-26(22)20-10-7-11-21(28-20)27-23(30-17-4-1)13-9-15-25(27)32-19-6-2-5-18-31-24/h7-15H,1-6,16-19H2. The van der Waals surface area contributed by atoms with E-state index in [2.05, 4.69) is 0 Å². The number of pyridine rings is 1. The maximum absolute atomic E-state index is 6.22. The predicted octanol–water partition coefficient (Wildman–Crippen LogP) is 6.30. The van der Waals surface area contributed by atoms with Crippen molar-refractivity contribution in [2.24, 2.45) is 0 Å². The number of ether oxygens (including phenoxy) is 4. The van der Waals surface area contributed by atoms with Crippen molar-refractivity contribution in [3.05, 3.63) is 54.6 Å². The summed E-state index contributed by atoms with van der Waals surface area (Å²) >= 11 is 0. The molecule has 0 atom stereocenters. The molecule has 166 valence electrons. The molecule has 0 spiro atoms. The molecule has 0 saturated carbocycles. The highest BCUT2D eigenvalue weighted by atomic mass is 16.5. The number of hydrogen-bond acceptors (Lipinski definition) is 5. The number of hydrogen-bond donors (Lipinski definition) is 0. The Morgan fingerprint density at radius 2 is 0.781 bits per heavy atom. The molecule has 5 nitrogen and oxygen atoms in total. The number of rotatable bonds is 0. The number of aromatic nitrogens is 1. The van der Waals surface area contributed by atoms with Crippen LogP contribution in [-0.4, -0.2) is 31.4 Å².